The van der Waals surface area contributed by atoms with Crippen LogP contribution in [0.4, 0.5) is 5.69 Å². The zero-order valence-corrected chi connectivity index (χ0v) is 22.1. The van der Waals surface area contributed by atoms with Crippen LogP contribution in [0.3, 0.4) is 0 Å². The normalized spacial score (nSPS) is 31.9. The summed E-state index contributed by atoms with van der Waals surface area (Å²) in [5.74, 6) is -2.08. The van der Waals surface area contributed by atoms with Gasteiger partial charge in [-0.15, -0.1) is 18.3 Å². The number of ether oxygens (including phenoxy) is 1. The largest absolute Gasteiger partial charge is 0.466 e. The van der Waals surface area contributed by atoms with Crippen molar-refractivity contribution in [3.8, 4) is 0 Å². The van der Waals surface area contributed by atoms with E-state index in [2.05, 4.69) is 6.58 Å². The van der Waals surface area contributed by atoms with Crippen LogP contribution in [0.2, 0.25) is 0 Å². The number of hydrogen-bond acceptors (Lipinski definition) is 6. The average molecular weight is 501 g/mol. The van der Waals surface area contributed by atoms with Crippen LogP contribution >= 0.6 is 11.8 Å². The van der Waals surface area contributed by atoms with Crippen LogP contribution < -0.4 is 4.90 Å². The fourth-order valence-corrected chi connectivity index (χ4v) is 8.71. The van der Waals surface area contributed by atoms with Crippen molar-refractivity contribution in [2.75, 3.05) is 24.7 Å². The summed E-state index contributed by atoms with van der Waals surface area (Å²) < 4.78 is 4.20. The fraction of sp³-hybridized carbons (Fsp3) is 0.593. The Kier molecular flexibility index (Phi) is 6.83. The number of nitrogens with zero attached hydrogens (tertiary/aromatic N) is 2. The highest BCUT2D eigenvalue weighted by Crippen LogP contribution is 2.71. The Hall–Kier alpha value is -2.32. The van der Waals surface area contributed by atoms with Gasteiger partial charge < -0.3 is 19.6 Å². The van der Waals surface area contributed by atoms with Gasteiger partial charge in [0, 0.05) is 17.0 Å². The van der Waals surface area contributed by atoms with Gasteiger partial charge in [0.05, 0.1) is 35.8 Å². The second-order valence-corrected chi connectivity index (χ2v) is 12.2. The third-order valence-corrected chi connectivity index (χ3v) is 9.95. The van der Waals surface area contributed by atoms with E-state index in [4.69, 9.17) is 4.74 Å². The lowest BCUT2D eigenvalue weighted by atomic mass is 9.66. The topological polar surface area (TPSA) is 87.2 Å². The van der Waals surface area contributed by atoms with Crippen LogP contribution in [-0.4, -0.2) is 69.1 Å². The molecule has 6 atom stereocenters. The molecule has 3 aliphatic rings. The Labute approximate surface area is 211 Å². The SMILES string of the molecule is C=CCN(C(=O)C1N([C@H](C)CO)C(=O)[C@@H]2[C@H](C(=O)OCC)[C@]3(C)CCC12S3)c1cc(C)ccc1C. The summed E-state index contributed by atoms with van der Waals surface area (Å²) in [4.78, 5) is 44.9. The van der Waals surface area contributed by atoms with Crippen molar-refractivity contribution in [3.05, 3.63) is 42.0 Å². The maximum absolute atomic E-state index is 14.5. The number of esters is 1. The molecule has 3 fully saturated rings. The number of thioether (sulfide) groups is 1. The van der Waals surface area contributed by atoms with E-state index in [0.29, 0.717) is 13.0 Å². The summed E-state index contributed by atoms with van der Waals surface area (Å²) in [7, 11) is 0. The molecule has 190 valence electrons. The van der Waals surface area contributed by atoms with Crippen molar-refractivity contribution >= 4 is 35.2 Å². The first-order valence-electron chi connectivity index (χ1n) is 12.4. The quantitative estimate of drug-likeness (QED) is 0.436. The lowest BCUT2D eigenvalue weighted by Gasteiger charge is -2.39. The molecule has 8 heteroatoms. The van der Waals surface area contributed by atoms with E-state index in [-0.39, 0.29) is 31.0 Å². The van der Waals surface area contributed by atoms with Crippen LogP contribution in [-0.2, 0) is 19.1 Å². The van der Waals surface area contributed by atoms with Gasteiger partial charge in [0.1, 0.15) is 6.04 Å². The molecule has 1 aromatic rings. The van der Waals surface area contributed by atoms with Crippen LogP contribution in [0.1, 0.15) is 44.7 Å². The number of carbonyl (C=O) groups is 3. The Morgan fingerprint density at radius 1 is 1.37 bits per heavy atom. The Balaban J connectivity index is 1.85. The molecule has 35 heavy (non-hydrogen) atoms. The number of rotatable bonds is 8. The highest BCUT2D eigenvalue weighted by molar-refractivity contribution is 8.02. The summed E-state index contributed by atoms with van der Waals surface area (Å²) in [6, 6.07) is 4.60. The average Bonchev–Trinajstić information content (AvgIpc) is 3.39. The van der Waals surface area contributed by atoms with E-state index in [1.165, 1.54) is 0 Å². The van der Waals surface area contributed by atoms with Gasteiger partial charge in [-0.25, -0.2) is 0 Å². The van der Waals surface area contributed by atoms with Gasteiger partial charge in [0.15, 0.2) is 0 Å². The highest BCUT2D eigenvalue weighted by Gasteiger charge is 2.78. The molecule has 2 unspecified atom stereocenters. The van der Waals surface area contributed by atoms with Crippen molar-refractivity contribution in [2.24, 2.45) is 11.8 Å². The molecule has 7 nitrogen and oxygen atoms in total. The van der Waals surface area contributed by atoms with Crippen molar-refractivity contribution in [1.82, 2.24) is 4.90 Å². The monoisotopic (exact) mass is 500 g/mol. The van der Waals surface area contributed by atoms with Crippen molar-refractivity contribution in [2.45, 2.75) is 69.0 Å². The highest BCUT2D eigenvalue weighted by atomic mass is 32.2. The van der Waals surface area contributed by atoms with E-state index in [0.717, 1.165) is 23.2 Å². The summed E-state index contributed by atoms with van der Waals surface area (Å²) in [6.45, 7) is 13.6. The Morgan fingerprint density at radius 3 is 2.71 bits per heavy atom. The van der Waals surface area contributed by atoms with Crippen LogP contribution in [0, 0.1) is 25.7 Å². The number of anilines is 1. The van der Waals surface area contributed by atoms with Crippen LogP contribution in [0.25, 0.3) is 0 Å². The lowest BCUT2D eigenvalue weighted by molar-refractivity contribution is -0.155. The number of aliphatic hydroxyl groups is 1. The molecule has 3 heterocycles. The minimum atomic E-state index is -0.798. The number of carbonyl (C=O) groups excluding carboxylic acids is 3. The molecular weight excluding hydrogens is 464 g/mol. The van der Waals surface area contributed by atoms with Gasteiger partial charge in [-0.1, -0.05) is 18.2 Å². The molecule has 4 rings (SSSR count). The van der Waals surface area contributed by atoms with Crippen molar-refractivity contribution in [3.63, 3.8) is 0 Å². The second-order valence-electron chi connectivity index (χ2n) is 10.3. The summed E-state index contributed by atoms with van der Waals surface area (Å²) >= 11 is 1.61. The molecule has 3 aliphatic heterocycles. The molecule has 0 aliphatic carbocycles. The van der Waals surface area contributed by atoms with Crippen molar-refractivity contribution in [1.29, 1.82) is 0 Å². The zero-order valence-electron chi connectivity index (χ0n) is 21.2. The Morgan fingerprint density at radius 2 is 2.09 bits per heavy atom. The third kappa shape index (κ3) is 3.80. The number of amides is 2. The Bertz CT molecular complexity index is 1060. The minimum absolute atomic E-state index is 0.198. The number of aryl methyl sites for hydroxylation is 2. The van der Waals surface area contributed by atoms with E-state index in [1.807, 2.05) is 39.0 Å². The maximum Gasteiger partial charge on any atom is 0.311 e. The number of likely N-dealkylation sites (tertiary alicyclic amines) is 1. The standard InChI is InChI=1S/C27H36N2O5S/c1-7-13-28(19-14-16(3)9-10-17(19)4)24(32)22-27-12-11-26(6,35-27)21(25(33)34-8-2)20(27)23(31)29(22)18(5)15-30/h7,9-10,14,18,20-22,30H,1,8,11-13,15H2,2-6H3/t18-,20+,21-,22?,26+,27?/m1/s1. The predicted octanol–water partition coefficient (Wildman–Crippen LogP) is 3.25. The first-order valence-corrected chi connectivity index (χ1v) is 13.2. The number of aliphatic hydroxyl groups excluding tert-OH is 1. The van der Waals surface area contributed by atoms with Gasteiger partial charge in [0.2, 0.25) is 5.91 Å². The molecule has 1 aromatic carbocycles. The van der Waals surface area contributed by atoms with E-state index < -0.39 is 33.4 Å². The molecule has 1 N–H and O–H groups in total. The molecule has 0 aromatic heterocycles. The zero-order chi connectivity index (χ0) is 25.7. The smallest absolute Gasteiger partial charge is 0.311 e. The second kappa shape index (κ2) is 9.28. The molecule has 2 bridgehead atoms. The van der Waals surface area contributed by atoms with Crippen LogP contribution in [0.15, 0.2) is 30.9 Å². The number of benzene rings is 1. The number of hydrogen-bond donors (Lipinski definition) is 1. The van der Waals surface area contributed by atoms with Crippen molar-refractivity contribution < 1.29 is 24.2 Å². The number of fused-ring (bicyclic) bond motifs is 1. The summed E-state index contributed by atoms with van der Waals surface area (Å²) in [5.41, 5.74) is 2.76. The fourth-order valence-electron chi connectivity index (χ4n) is 6.39. The molecular formula is C27H36N2O5S. The first kappa shape index (κ1) is 25.8. The maximum atomic E-state index is 14.5. The van der Waals surface area contributed by atoms with E-state index >= 15 is 0 Å². The minimum Gasteiger partial charge on any atom is -0.466 e. The molecule has 0 radical (unpaired) electrons. The predicted molar refractivity (Wildman–Crippen MR) is 137 cm³/mol. The van der Waals surface area contributed by atoms with Gasteiger partial charge in [-0.2, -0.15) is 0 Å². The molecule has 1 spiro atoms. The van der Waals surface area contributed by atoms with Crippen LogP contribution in [0.5, 0.6) is 0 Å². The molecule has 0 saturated carbocycles. The van der Waals surface area contributed by atoms with Gasteiger partial charge in [-0.05, 0) is 64.7 Å². The third-order valence-electron chi connectivity index (χ3n) is 7.96. The van der Waals surface area contributed by atoms with Gasteiger partial charge >= 0.3 is 5.97 Å². The lowest BCUT2D eigenvalue weighted by Crippen LogP contribution is -2.57. The summed E-state index contributed by atoms with van der Waals surface area (Å²) in [5, 5.41) is 10.1. The first-order chi connectivity index (χ1) is 16.6. The molecule has 3 saturated heterocycles. The summed E-state index contributed by atoms with van der Waals surface area (Å²) in [6.07, 6.45) is 3.06. The van der Waals surface area contributed by atoms with Gasteiger partial charge in [0.25, 0.3) is 5.91 Å². The molecule has 2 amide bonds. The van der Waals surface area contributed by atoms with E-state index in [9.17, 15) is 19.5 Å². The van der Waals surface area contributed by atoms with E-state index in [1.54, 1.807) is 41.5 Å². The van der Waals surface area contributed by atoms with Gasteiger partial charge in [-0.3, -0.25) is 14.4 Å².